The van der Waals surface area contributed by atoms with Crippen LogP contribution >= 0.6 is 0 Å². The summed E-state index contributed by atoms with van der Waals surface area (Å²) in [4.78, 5) is 28.1. The highest BCUT2D eigenvalue weighted by molar-refractivity contribution is 5.97. The fourth-order valence-corrected chi connectivity index (χ4v) is 2.17. The van der Waals surface area contributed by atoms with Crippen molar-refractivity contribution < 1.29 is 23.8 Å². The first kappa shape index (κ1) is 18.0. The molecular weight excluding hydrogens is 310 g/mol. The number of hydrogen-bond donors (Lipinski definition) is 0. The molecule has 0 spiro atoms. The van der Waals surface area contributed by atoms with E-state index in [2.05, 4.69) is 18.8 Å². The molecule has 1 aromatic carbocycles. The minimum absolute atomic E-state index is 0.162. The van der Waals surface area contributed by atoms with Crippen molar-refractivity contribution in [2.75, 3.05) is 13.2 Å². The zero-order valence-electron chi connectivity index (χ0n) is 14.4. The quantitative estimate of drug-likeness (QED) is 0.748. The van der Waals surface area contributed by atoms with Gasteiger partial charge in [0.05, 0.1) is 18.2 Å². The Morgan fingerprint density at radius 3 is 2.46 bits per heavy atom. The van der Waals surface area contributed by atoms with Crippen molar-refractivity contribution in [3.63, 3.8) is 0 Å². The Morgan fingerprint density at radius 1 is 1.25 bits per heavy atom. The molecule has 1 aliphatic heterocycles. The maximum absolute atomic E-state index is 12.0. The molecule has 6 nitrogen and oxygen atoms in total. The van der Waals surface area contributed by atoms with Gasteiger partial charge in [0.2, 0.25) is 5.90 Å². The van der Waals surface area contributed by atoms with Gasteiger partial charge in [-0.15, -0.1) is 0 Å². The highest BCUT2D eigenvalue weighted by Gasteiger charge is 2.23. The van der Waals surface area contributed by atoms with E-state index in [1.54, 1.807) is 31.2 Å². The summed E-state index contributed by atoms with van der Waals surface area (Å²) in [6, 6.07) is 6.93. The zero-order chi connectivity index (χ0) is 17.7. The highest BCUT2D eigenvalue weighted by Crippen LogP contribution is 2.18. The van der Waals surface area contributed by atoms with Crippen LogP contribution in [0, 0.1) is 5.92 Å². The number of nitrogens with zero attached hydrogens (tertiary/aromatic N) is 1. The van der Waals surface area contributed by atoms with Crippen LogP contribution in [-0.2, 0) is 19.0 Å². The van der Waals surface area contributed by atoms with E-state index in [1.165, 1.54) is 6.92 Å². The van der Waals surface area contributed by atoms with Crippen molar-refractivity contribution in [1.29, 1.82) is 0 Å². The molecule has 0 N–H and O–H groups in total. The molecule has 1 heterocycles. The summed E-state index contributed by atoms with van der Waals surface area (Å²) >= 11 is 0. The molecule has 2 atom stereocenters. The van der Waals surface area contributed by atoms with E-state index >= 15 is 0 Å². The van der Waals surface area contributed by atoms with Gasteiger partial charge in [0.1, 0.15) is 6.61 Å². The number of rotatable bonds is 6. The Bertz CT molecular complexity index is 621. The third kappa shape index (κ3) is 4.34. The number of aliphatic imine (C=N–C) groups is 1. The third-order valence-electron chi connectivity index (χ3n) is 3.71. The van der Waals surface area contributed by atoms with Crippen molar-refractivity contribution in [1.82, 2.24) is 0 Å². The van der Waals surface area contributed by atoms with Crippen molar-refractivity contribution in [3.05, 3.63) is 35.4 Å². The first-order valence-corrected chi connectivity index (χ1v) is 8.11. The van der Waals surface area contributed by atoms with Crippen LogP contribution in [-0.4, -0.2) is 43.2 Å². The van der Waals surface area contributed by atoms with E-state index < -0.39 is 18.0 Å². The third-order valence-corrected chi connectivity index (χ3v) is 3.71. The smallest absolute Gasteiger partial charge is 0.347 e. The summed E-state index contributed by atoms with van der Waals surface area (Å²) in [5.41, 5.74) is 1.17. The van der Waals surface area contributed by atoms with Crippen LogP contribution in [0.15, 0.2) is 29.3 Å². The SMILES string of the molecule is CCOC(=O)[C@H](C)OC(=O)c1ccc(C2=N[C@@H](C(C)C)CO2)cc1. The normalized spacial score (nSPS) is 17.9. The minimum Gasteiger partial charge on any atom is -0.475 e. The number of benzene rings is 1. The average molecular weight is 333 g/mol. The standard InChI is InChI=1S/C18H23NO5/c1-5-22-17(20)12(4)24-18(21)14-8-6-13(7-9-14)16-19-15(10-23-16)11(2)3/h6-9,11-12,15H,5,10H2,1-4H3/t12-,15+/m0/s1. The van der Waals surface area contributed by atoms with Gasteiger partial charge in [0.15, 0.2) is 6.10 Å². The summed E-state index contributed by atoms with van der Waals surface area (Å²) in [6.45, 7) is 8.21. The number of esters is 2. The van der Waals surface area contributed by atoms with Gasteiger partial charge in [-0.25, -0.2) is 14.6 Å². The number of hydrogen-bond acceptors (Lipinski definition) is 6. The first-order valence-electron chi connectivity index (χ1n) is 8.11. The second-order valence-corrected chi connectivity index (χ2v) is 5.93. The van der Waals surface area contributed by atoms with Crippen LogP contribution in [0.25, 0.3) is 0 Å². The maximum atomic E-state index is 12.0. The minimum atomic E-state index is -0.938. The average Bonchev–Trinajstić information content (AvgIpc) is 3.05. The predicted octanol–water partition coefficient (Wildman–Crippen LogP) is 2.60. The fourth-order valence-electron chi connectivity index (χ4n) is 2.17. The molecule has 0 unspecified atom stereocenters. The van der Waals surface area contributed by atoms with Crippen molar-refractivity contribution >= 4 is 17.8 Å². The molecule has 24 heavy (non-hydrogen) atoms. The molecule has 2 rings (SSSR count). The van der Waals surface area contributed by atoms with Crippen LogP contribution < -0.4 is 0 Å². The molecule has 1 aromatic rings. The lowest BCUT2D eigenvalue weighted by atomic mass is 10.1. The molecule has 130 valence electrons. The Hall–Kier alpha value is -2.37. The second-order valence-electron chi connectivity index (χ2n) is 5.93. The van der Waals surface area contributed by atoms with Gasteiger partial charge in [-0.1, -0.05) is 13.8 Å². The predicted molar refractivity (Wildman–Crippen MR) is 89.1 cm³/mol. The van der Waals surface area contributed by atoms with Crippen LogP contribution in [0.1, 0.15) is 43.6 Å². The van der Waals surface area contributed by atoms with Crippen LogP contribution in [0.4, 0.5) is 0 Å². The van der Waals surface area contributed by atoms with Gasteiger partial charge in [0, 0.05) is 5.56 Å². The lowest BCUT2D eigenvalue weighted by Gasteiger charge is -2.12. The van der Waals surface area contributed by atoms with E-state index in [4.69, 9.17) is 14.2 Å². The monoisotopic (exact) mass is 333 g/mol. The van der Waals surface area contributed by atoms with Gasteiger partial charge in [-0.05, 0) is 44.0 Å². The van der Waals surface area contributed by atoms with Gasteiger partial charge >= 0.3 is 11.9 Å². The Balaban J connectivity index is 2.00. The number of ether oxygens (including phenoxy) is 3. The first-order chi connectivity index (χ1) is 11.4. The topological polar surface area (TPSA) is 74.2 Å². The molecule has 0 fully saturated rings. The van der Waals surface area contributed by atoms with Crippen molar-refractivity contribution in [2.24, 2.45) is 10.9 Å². The van der Waals surface area contributed by atoms with Gasteiger partial charge in [-0.2, -0.15) is 0 Å². The molecule has 6 heteroatoms. The number of carbonyl (C=O) groups excluding carboxylic acids is 2. The van der Waals surface area contributed by atoms with E-state index in [1.807, 2.05) is 0 Å². The molecular formula is C18H23NO5. The molecule has 0 amide bonds. The molecule has 0 saturated heterocycles. The van der Waals surface area contributed by atoms with Gasteiger partial charge < -0.3 is 14.2 Å². The zero-order valence-corrected chi connectivity index (χ0v) is 14.4. The second kappa shape index (κ2) is 7.95. The van der Waals surface area contributed by atoms with Crippen LogP contribution in [0.3, 0.4) is 0 Å². The summed E-state index contributed by atoms with van der Waals surface area (Å²) < 4.78 is 15.5. The molecule has 0 bridgehead atoms. The van der Waals surface area contributed by atoms with E-state index in [0.717, 1.165) is 5.56 Å². The number of carbonyl (C=O) groups is 2. The molecule has 1 aliphatic rings. The van der Waals surface area contributed by atoms with E-state index in [9.17, 15) is 9.59 Å². The fraction of sp³-hybridized carbons (Fsp3) is 0.500. The van der Waals surface area contributed by atoms with Crippen molar-refractivity contribution in [2.45, 2.75) is 39.8 Å². The Labute approximate surface area is 141 Å². The van der Waals surface area contributed by atoms with Gasteiger partial charge in [0.25, 0.3) is 0 Å². The van der Waals surface area contributed by atoms with Gasteiger partial charge in [-0.3, -0.25) is 0 Å². The van der Waals surface area contributed by atoms with E-state index in [-0.39, 0.29) is 12.6 Å². The lowest BCUT2D eigenvalue weighted by molar-refractivity contribution is -0.152. The lowest BCUT2D eigenvalue weighted by Crippen LogP contribution is -2.26. The maximum Gasteiger partial charge on any atom is 0.347 e. The Kier molecular flexibility index (Phi) is 5.95. The summed E-state index contributed by atoms with van der Waals surface area (Å²) in [7, 11) is 0. The summed E-state index contributed by atoms with van der Waals surface area (Å²) in [6.07, 6.45) is -0.938. The Morgan fingerprint density at radius 2 is 1.92 bits per heavy atom. The largest absolute Gasteiger partial charge is 0.475 e. The molecule has 0 saturated carbocycles. The summed E-state index contributed by atoms with van der Waals surface area (Å²) in [5, 5.41) is 0. The molecule has 0 aliphatic carbocycles. The molecule has 0 aromatic heterocycles. The summed E-state index contributed by atoms with van der Waals surface area (Å²) in [5.74, 6) is -0.123. The van der Waals surface area contributed by atoms with Crippen LogP contribution in [0.5, 0.6) is 0 Å². The van der Waals surface area contributed by atoms with Crippen LogP contribution in [0.2, 0.25) is 0 Å². The molecule has 0 radical (unpaired) electrons. The van der Waals surface area contributed by atoms with E-state index in [0.29, 0.717) is 24.0 Å². The highest BCUT2D eigenvalue weighted by atomic mass is 16.6. The van der Waals surface area contributed by atoms with Crippen molar-refractivity contribution in [3.8, 4) is 0 Å².